The molecule has 0 N–H and O–H groups in total. The molecular weight excluding hydrogens is 150 g/mol. The van der Waals surface area contributed by atoms with Crippen LogP contribution in [0.25, 0.3) is 0 Å². The Kier molecular flexibility index (Phi) is 3.07. The number of hydrogen-bond acceptors (Lipinski definition) is 3. The summed E-state index contributed by atoms with van der Waals surface area (Å²) >= 11 is 0. The van der Waals surface area contributed by atoms with Gasteiger partial charge in [-0.3, -0.25) is 9.80 Å². The first-order valence-electron chi connectivity index (χ1n) is 4.46. The Labute approximate surface area is 74.6 Å². The van der Waals surface area contributed by atoms with Gasteiger partial charge in [-0.15, -0.1) is 0 Å². The van der Waals surface area contributed by atoms with Crippen molar-refractivity contribution in [2.45, 2.75) is 25.9 Å². The Balaban J connectivity index is 2.49. The Bertz CT molecular complexity index is 173. The minimum atomic E-state index is 0.571. The van der Waals surface area contributed by atoms with Gasteiger partial charge in [0.2, 0.25) is 0 Å². The monoisotopic (exact) mass is 167 g/mol. The third kappa shape index (κ3) is 1.96. The predicted molar refractivity (Wildman–Crippen MR) is 48.7 cm³/mol. The molecule has 0 aromatic heterocycles. The van der Waals surface area contributed by atoms with Gasteiger partial charge in [-0.1, -0.05) is 0 Å². The van der Waals surface area contributed by atoms with Crippen molar-refractivity contribution in [1.29, 1.82) is 5.26 Å². The van der Waals surface area contributed by atoms with Crippen LogP contribution in [0, 0.1) is 11.3 Å². The Morgan fingerprint density at radius 3 is 2.25 bits per heavy atom. The molecule has 1 saturated heterocycles. The molecule has 12 heavy (non-hydrogen) atoms. The van der Waals surface area contributed by atoms with E-state index in [2.05, 4.69) is 36.8 Å². The van der Waals surface area contributed by atoms with Gasteiger partial charge in [-0.2, -0.15) is 5.26 Å². The molecule has 0 aromatic carbocycles. The highest BCUT2D eigenvalue weighted by Gasteiger charge is 2.25. The predicted octanol–water partition coefficient (Wildman–Crippen LogP) is 0.534. The van der Waals surface area contributed by atoms with Crippen LogP contribution in [0.5, 0.6) is 0 Å². The first kappa shape index (κ1) is 9.50. The van der Waals surface area contributed by atoms with E-state index in [1.165, 1.54) is 0 Å². The molecule has 0 aromatic rings. The fraction of sp³-hybridized carbons (Fsp3) is 0.889. The van der Waals surface area contributed by atoms with E-state index in [4.69, 9.17) is 5.26 Å². The molecule has 0 radical (unpaired) electrons. The van der Waals surface area contributed by atoms with Crippen LogP contribution in [0.3, 0.4) is 0 Å². The second-order valence-corrected chi connectivity index (χ2v) is 3.72. The lowest BCUT2D eigenvalue weighted by Crippen LogP contribution is -2.54. The smallest absolute Gasteiger partial charge is 0.0867 e. The normalized spacial score (nSPS) is 33.2. The van der Waals surface area contributed by atoms with Crippen molar-refractivity contribution >= 4 is 0 Å². The summed E-state index contributed by atoms with van der Waals surface area (Å²) in [6.45, 7) is 7.03. The maximum Gasteiger partial charge on any atom is 0.0867 e. The molecule has 0 spiro atoms. The summed E-state index contributed by atoms with van der Waals surface area (Å²) in [6, 6.07) is 3.34. The largest absolute Gasteiger partial charge is 0.298 e. The van der Waals surface area contributed by atoms with Crippen LogP contribution in [0.15, 0.2) is 0 Å². The molecule has 2 atom stereocenters. The third-order valence-corrected chi connectivity index (χ3v) is 2.73. The highest BCUT2D eigenvalue weighted by molar-refractivity contribution is 4.87. The van der Waals surface area contributed by atoms with Crippen molar-refractivity contribution < 1.29 is 0 Å². The molecule has 1 aliphatic heterocycles. The molecule has 0 amide bonds. The fourth-order valence-corrected chi connectivity index (χ4v) is 1.74. The molecule has 0 aliphatic carbocycles. The molecule has 1 heterocycles. The van der Waals surface area contributed by atoms with Gasteiger partial charge in [0.25, 0.3) is 0 Å². The number of nitrogens with zero attached hydrogens (tertiary/aromatic N) is 3. The molecule has 68 valence electrons. The number of nitriles is 1. The molecule has 1 fully saturated rings. The van der Waals surface area contributed by atoms with Crippen molar-refractivity contribution in [3.05, 3.63) is 0 Å². The SMILES string of the molecule is CC1CN(CC#N)CC(C)N1C. The lowest BCUT2D eigenvalue weighted by molar-refractivity contribution is 0.0682. The van der Waals surface area contributed by atoms with Crippen molar-refractivity contribution in [2.75, 3.05) is 26.7 Å². The van der Waals surface area contributed by atoms with E-state index in [0.717, 1.165) is 13.1 Å². The van der Waals surface area contributed by atoms with Gasteiger partial charge < -0.3 is 0 Å². The quantitative estimate of drug-likeness (QED) is 0.534. The first-order chi connectivity index (χ1) is 5.65. The Hall–Kier alpha value is -0.590. The molecule has 0 bridgehead atoms. The second-order valence-electron chi connectivity index (χ2n) is 3.72. The first-order valence-corrected chi connectivity index (χ1v) is 4.46. The molecule has 1 aliphatic rings. The van der Waals surface area contributed by atoms with E-state index < -0.39 is 0 Å². The van der Waals surface area contributed by atoms with Crippen molar-refractivity contribution in [3.63, 3.8) is 0 Å². The number of rotatable bonds is 1. The number of piperazine rings is 1. The van der Waals surface area contributed by atoms with E-state index in [1.54, 1.807) is 0 Å². The molecule has 0 saturated carbocycles. The summed E-state index contributed by atoms with van der Waals surface area (Å²) in [5.74, 6) is 0. The van der Waals surface area contributed by atoms with Crippen molar-refractivity contribution in [3.8, 4) is 6.07 Å². The lowest BCUT2D eigenvalue weighted by Gasteiger charge is -2.41. The van der Waals surface area contributed by atoms with Gasteiger partial charge in [0.1, 0.15) is 0 Å². The van der Waals surface area contributed by atoms with Crippen molar-refractivity contribution in [2.24, 2.45) is 0 Å². The molecule has 3 heteroatoms. The van der Waals surface area contributed by atoms with Crippen LogP contribution in [-0.2, 0) is 0 Å². The van der Waals surface area contributed by atoms with Gasteiger partial charge in [0.15, 0.2) is 0 Å². The summed E-state index contributed by atoms with van der Waals surface area (Å²) in [5, 5.41) is 8.55. The maximum atomic E-state index is 8.55. The second kappa shape index (κ2) is 3.88. The summed E-state index contributed by atoms with van der Waals surface area (Å²) in [5.41, 5.74) is 0. The molecular formula is C9H17N3. The average molecular weight is 167 g/mol. The summed E-state index contributed by atoms with van der Waals surface area (Å²) in [4.78, 5) is 4.59. The lowest BCUT2D eigenvalue weighted by atomic mass is 10.1. The number of hydrogen-bond donors (Lipinski definition) is 0. The minimum Gasteiger partial charge on any atom is -0.298 e. The van der Waals surface area contributed by atoms with Crippen LogP contribution >= 0.6 is 0 Å². The summed E-state index contributed by atoms with van der Waals surface area (Å²) in [7, 11) is 2.15. The van der Waals surface area contributed by atoms with Crippen LogP contribution in [0.2, 0.25) is 0 Å². The van der Waals surface area contributed by atoms with Gasteiger partial charge >= 0.3 is 0 Å². The zero-order valence-electron chi connectivity index (χ0n) is 8.12. The summed E-state index contributed by atoms with van der Waals surface area (Å²) < 4.78 is 0. The van der Waals surface area contributed by atoms with Gasteiger partial charge in [-0.05, 0) is 20.9 Å². The maximum absolute atomic E-state index is 8.55. The topological polar surface area (TPSA) is 30.3 Å². The van der Waals surface area contributed by atoms with Gasteiger partial charge in [0.05, 0.1) is 12.6 Å². The highest BCUT2D eigenvalue weighted by atomic mass is 15.3. The number of likely N-dealkylation sites (N-methyl/N-ethyl adjacent to an activating group) is 1. The Morgan fingerprint density at radius 2 is 1.83 bits per heavy atom. The van der Waals surface area contributed by atoms with Crippen LogP contribution in [0.4, 0.5) is 0 Å². The van der Waals surface area contributed by atoms with Crippen LogP contribution in [-0.4, -0.2) is 48.6 Å². The minimum absolute atomic E-state index is 0.571. The van der Waals surface area contributed by atoms with Crippen LogP contribution in [0.1, 0.15) is 13.8 Å². The van der Waals surface area contributed by atoms with E-state index in [-0.39, 0.29) is 0 Å². The molecule has 1 rings (SSSR count). The zero-order valence-corrected chi connectivity index (χ0v) is 8.12. The molecule has 2 unspecified atom stereocenters. The summed E-state index contributed by atoms with van der Waals surface area (Å²) in [6.07, 6.45) is 0. The third-order valence-electron chi connectivity index (χ3n) is 2.73. The average Bonchev–Trinajstić information content (AvgIpc) is 2.01. The van der Waals surface area contributed by atoms with E-state index in [9.17, 15) is 0 Å². The standard InChI is InChI=1S/C9H17N3/c1-8-6-12(5-4-10)7-9(2)11(8)3/h8-9H,5-7H2,1-3H3. The Morgan fingerprint density at radius 1 is 1.33 bits per heavy atom. The zero-order chi connectivity index (χ0) is 9.14. The fourth-order valence-electron chi connectivity index (χ4n) is 1.74. The van der Waals surface area contributed by atoms with Gasteiger partial charge in [0, 0.05) is 25.2 Å². The highest BCUT2D eigenvalue weighted by Crippen LogP contribution is 2.12. The molecule has 3 nitrogen and oxygen atoms in total. The van der Waals surface area contributed by atoms with Gasteiger partial charge in [-0.25, -0.2) is 0 Å². The van der Waals surface area contributed by atoms with E-state index in [1.807, 2.05) is 0 Å². The van der Waals surface area contributed by atoms with Crippen molar-refractivity contribution in [1.82, 2.24) is 9.80 Å². The van der Waals surface area contributed by atoms with E-state index >= 15 is 0 Å². The van der Waals surface area contributed by atoms with E-state index in [0.29, 0.717) is 18.6 Å². The van der Waals surface area contributed by atoms with Crippen LogP contribution < -0.4 is 0 Å².